The molecule has 0 bridgehead atoms. The molecule has 33 heavy (non-hydrogen) atoms. The molecule has 1 amide bonds. The van der Waals surface area contributed by atoms with Crippen LogP contribution in [0.15, 0.2) is 105 Å². The first-order chi connectivity index (χ1) is 15.8. The molecule has 0 radical (unpaired) electrons. The van der Waals surface area contributed by atoms with Crippen molar-refractivity contribution in [3.63, 3.8) is 0 Å². The van der Waals surface area contributed by atoms with Crippen molar-refractivity contribution in [3.8, 4) is 5.75 Å². The number of sulfonamides is 1. The summed E-state index contributed by atoms with van der Waals surface area (Å²) in [5.41, 5.74) is 0.964. The molecular weight excluding hydrogens is 506 g/mol. The number of azo groups is 1. The molecule has 7 nitrogen and oxygen atoms in total. The topological polar surface area (TPSA) is 108 Å². The van der Waals surface area contributed by atoms with Crippen molar-refractivity contribution in [1.82, 2.24) is 0 Å². The van der Waals surface area contributed by atoms with Gasteiger partial charge in [0, 0.05) is 15.2 Å². The van der Waals surface area contributed by atoms with Crippen molar-refractivity contribution in [3.05, 3.63) is 95.0 Å². The van der Waals surface area contributed by atoms with Gasteiger partial charge in [-0.25, -0.2) is 8.42 Å². The Kier molecular flexibility index (Phi) is 6.52. The normalized spacial score (nSPS) is 11.7. The van der Waals surface area contributed by atoms with Gasteiger partial charge in [0.2, 0.25) is 0 Å². The predicted octanol–water partition coefficient (Wildman–Crippen LogP) is 5.96. The van der Waals surface area contributed by atoms with Gasteiger partial charge in [0.1, 0.15) is 5.69 Å². The highest BCUT2D eigenvalue weighted by Gasteiger charge is 2.18. The Labute approximate surface area is 199 Å². The fraction of sp³-hybridized carbons (Fsp3) is 0.0417. The standard InChI is InChI=1S/C24H18BrN3O4S/c25-17-10-12-18(13-11-17)33(31,32)28-21-15-22(24(30)20-9-5-4-8-19(20)21)26-27-23(29)14-16-6-2-1-3-7-16/h1-13,15,28,30H,14H2. The van der Waals surface area contributed by atoms with Gasteiger partial charge < -0.3 is 5.11 Å². The number of phenolic OH excluding ortho intramolecular Hbond substituents is 1. The Morgan fingerprint density at radius 1 is 0.909 bits per heavy atom. The van der Waals surface area contributed by atoms with E-state index in [2.05, 4.69) is 30.9 Å². The first-order valence-corrected chi connectivity index (χ1v) is 12.1. The van der Waals surface area contributed by atoms with Crippen LogP contribution in [0.25, 0.3) is 10.8 Å². The molecule has 0 aliphatic carbocycles. The van der Waals surface area contributed by atoms with Crippen LogP contribution in [0, 0.1) is 0 Å². The highest BCUT2D eigenvalue weighted by Crippen LogP contribution is 2.40. The minimum absolute atomic E-state index is 0.0244. The first kappa shape index (κ1) is 22.6. The fourth-order valence-electron chi connectivity index (χ4n) is 3.24. The third-order valence-corrected chi connectivity index (χ3v) is 6.74. The molecule has 0 spiro atoms. The minimum atomic E-state index is -3.91. The third-order valence-electron chi connectivity index (χ3n) is 4.83. The summed E-state index contributed by atoms with van der Waals surface area (Å²) in [6.07, 6.45) is 0.0573. The highest BCUT2D eigenvalue weighted by molar-refractivity contribution is 9.10. The molecular formula is C24H18BrN3O4S. The molecule has 9 heteroatoms. The van der Waals surface area contributed by atoms with Crippen molar-refractivity contribution in [2.75, 3.05) is 4.72 Å². The van der Waals surface area contributed by atoms with Crippen molar-refractivity contribution >= 4 is 54.0 Å². The summed E-state index contributed by atoms with van der Waals surface area (Å²) in [7, 11) is -3.91. The lowest BCUT2D eigenvalue weighted by Crippen LogP contribution is -2.13. The number of fused-ring (bicyclic) bond motifs is 1. The van der Waals surface area contributed by atoms with E-state index in [1.807, 2.05) is 18.2 Å². The molecule has 0 atom stereocenters. The second-order valence-electron chi connectivity index (χ2n) is 7.15. The van der Waals surface area contributed by atoms with Crippen LogP contribution in [0.5, 0.6) is 5.75 Å². The average molecular weight is 524 g/mol. The van der Waals surface area contributed by atoms with Gasteiger partial charge in [0.25, 0.3) is 15.9 Å². The maximum atomic E-state index is 12.9. The van der Waals surface area contributed by atoms with Gasteiger partial charge in [-0.2, -0.15) is 0 Å². The first-order valence-electron chi connectivity index (χ1n) is 9.85. The number of benzene rings is 4. The molecule has 0 fully saturated rings. The van der Waals surface area contributed by atoms with Crippen molar-refractivity contribution < 1.29 is 18.3 Å². The molecule has 0 aromatic heterocycles. The Morgan fingerprint density at radius 3 is 2.24 bits per heavy atom. The zero-order valence-corrected chi connectivity index (χ0v) is 19.5. The van der Waals surface area contributed by atoms with Gasteiger partial charge in [0.15, 0.2) is 5.75 Å². The molecule has 2 N–H and O–H groups in total. The SMILES string of the molecule is O=C(Cc1ccccc1)N=Nc1cc(NS(=O)(=O)c2ccc(Br)cc2)c2ccccc2c1O. The van der Waals surface area contributed by atoms with Crippen molar-refractivity contribution in [1.29, 1.82) is 0 Å². The van der Waals surface area contributed by atoms with Crippen LogP contribution >= 0.6 is 15.9 Å². The number of anilines is 1. The van der Waals surface area contributed by atoms with Crippen LogP contribution in [0.4, 0.5) is 11.4 Å². The van der Waals surface area contributed by atoms with E-state index >= 15 is 0 Å². The summed E-state index contributed by atoms with van der Waals surface area (Å²) >= 11 is 3.29. The number of carbonyl (C=O) groups is 1. The third kappa shape index (κ3) is 5.27. The summed E-state index contributed by atoms with van der Waals surface area (Å²) in [6.45, 7) is 0. The Hall–Kier alpha value is -3.56. The van der Waals surface area contributed by atoms with Gasteiger partial charge in [-0.3, -0.25) is 9.52 Å². The number of amides is 1. The fourth-order valence-corrected chi connectivity index (χ4v) is 4.57. The molecule has 4 rings (SSSR count). The lowest BCUT2D eigenvalue weighted by atomic mass is 10.1. The van der Waals surface area contributed by atoms with E-state index in [-0.39, 0.29) is 28.4 Å². The maximum absolute atomic E-state index is 12.9. The van der Waals surface area contributed by atoms with E-state index in [1.54, 1.807) is 48.5 Å². The molecule has 0 aliphatic rings. The Balaban J connectivity index is 1.69. The van der Waals surface area contributed by atoms with Crippen LogP contribution in [0.2, 0.25) is 0 Å². The zero-order chi connectivity index (χ0) is 23.4. The number of rotatable bonds is 6. The van der Waals surface area contributed by atoms with Gasteiger partial charge in [0.05, 0.1) is 17.0 Å². The van der Waals surface area contributed by atoms with Gasteiger partial charge >= 0.3 is 0 Å². The second kappa shape index (κ2) is 9.51. The van der Waals surface area contributed by atoms with Gasteiger partial charge in [-0.1, -0.05) is 70.5 Å². The quantitative estimate of drug-likeness (QED) is 0.240. The monoisotopic (exact) mass is 523 g/mol. The molecule has 166 valence electrons. The number of nitrogens with zero attached hydrogens (tertiary/aromatic N) is 2. The van der Waals surface area contributed by atoms with E-state index in [0.29, 0.717) is 10.8 Å². The summed E-state index contributed by atoms with van der Waals surface area (Å²) in [5, 5.41) is 19.1. The summed E-state index contributed by atoms with van der Waals surface area (Å²) < 4.78 is 29.2. The van der Waals surface area contributed by atoms with Crippen LogP contribution in [-0.4, -0.2) is 19.4 Å². The Morgan fingerprint density at radius 2 is 1.55 bits per heavy atom. The number of hydrogen-bond acceptors (Lipinski definition) is 5. The molecule has 0 heterocycles. The summed E-state index contributed by atoms with van der Waals surface area (Å²) in [6, 6.07) is 23.4. The lowest BCUT2D eigenvalue weighted by Gasteiger charge is -2.13. The highest BCUT2D eigenvalue weighted by atomic mass is 79.9. The summed E-state index contributed by atoms with van der Waals surface area (Å²) in [4.78, 5) is 12.3. The number of aromatic hydroxyl groups is 1. The number of hydrogen-bond donors (Lipinski definition) is 2. The smallest absolute Gasteiger partial charge is 0.269 e. The second-order valence-corrected chi connectivity index (χ2v) is 9.75. The van der Waals surface area contributed by atoms with E-state index in [0.717, 1.165) is 10.0 Å². The lowest BCUT2D eigenvalue weighted by molar-refractivity contribution is -0.117. The van der Waals surface area contributed by atoms with Gasteiger partial charge in [-0.15, -0.1) is 10.2 Å². The number of phenols is 1. The number of halogens is 1. The van der Waals surface area contributed by atoms with Crippen LogP contribution < -0.4 is 4.72 Å². The molecule has 4 aromatic rings. The van der Waals surface area contributed by atoms with Crippen molar-refractivity contribution in [2.45, 2.75) is 11.3 Å². The van der Waals surface area contributed by atoms with Crippen LogP contribution in [0.3, 0.4) is 0 Å². The number of carbonyl (C=O) groups excluding carboxylic acids is 1. The molecule has 0 aliphatic heterocycles. The van der Waals surface area contributed by atoms with Crippen molar-refractivity contribution in [2.24, 2.45) is 10.2 Å². The minimum Gasteiger partial charge on any atom is -0.505 e. The predicted molar refractivity (Wildman–Crippen MR) is 130 cm³/mol. The van der Waals surface area contributed by atoms with E-state index < -0.39 is 15.9 Å². The van der Waals surface area contributed by atoms with Gasteiger partial charge in [-0.05, 0) is 35.9 Å². The van der Waals surface area contributed by atoms with E-state index in [1.165, 1.54) is 18.2 Å². The van der Waals surface area contributed by atoms with Crippen LogP contribution in [-0.2, 0) is 21.2 Å². The number of nitrogens with one attached hydrogen (secondary N) is 1. The summed E-state index contributed by atoms with van der Waals surface area (Å²) in [5.74, 6) is -0.695. The molecule has 0 saturated heterocycles. The van der Waals surface area contributed by atoms with E-state index in [9.17, 15) is 18.3 Å². The van der Waals surface area contributed by atoms with Crippen LogP contribution in [0.1, 0.15) is 5.56 Å². The maximum Gasteiger partial charge on any atom is 0.269 e. The average Bonchev–Trinajstić information content (AvgIpc) is 2.81. The zero-order valence-electron chi connectivity index (χ0n) is 17.1. The molecule has 4 aromatic carbocycles. The largest absolute Gasteiger partial charge is 0.505 e. The Bertz CT molecular complexity index is 1450. The van der Waals surface area contributed by atoms with E-state index in [4.69, 9.17) is 0 Å². The molecule has 0 saturated carbocycles. The molecule has 0 unspecified atom stereocenters.